The molecule has 4 unspecified atom stereocenters. The molecule has 6 atom stereocenters. The van der Waals surface area contributed by atoms with Gasteiger partial charge < -0.3 is 33.8 Å². The molecule has 0 bridgehead atoms. The van der Waals surface area contributed by atoms with Crippen LogP contribution in [0.15, 0.2) is 0 Å². The van der Waals surface area contributed by atoms with E-state index >= 15 is 0 Å². The number of hydrogen-bond donors (Lipinski definition) is 3. The standard InChI is InChI=1S/C78H152O17P2/c1-9-71(8)57-49-41-33-25-21-22-28-36-45-53-61-78(83)94-73(64-88-75(80)58-50-42-34-26-19-15-11-10-13-17-23-30-38-46-54-68(2)3)66-92-96(84,85)90-62-72(79)63-91-97(86,87)93-67-74(65-89-76(81)59-51-43-37-29-32-40-48-56-70(6)7)95-77(82)60-52-44-35-27-20-16-12-14-18-24-31-39-47-55-69(4)5/h68-74,79H,9-67H2,1-8H3,(H,84,85)(H,86,87)/t71?,72?,73-,74-/m1/s1. The number of phosphoric acid groups is 2. The molecule has 0 aliphatic carbocycles. The Kier molecular flexibility index (Phi) is 65.9. The Morgan fingerprint density at radius 2 is 0.495 bits per heavy atom. The maximum Gasteiger partial charge on any atom is 0.472 e. The van der Waals surface area contributed by atoms with Crippen LogP contribution in [0.1, 0.15) is 396 Å². The first-order chi connectivity index (χ1) is 46.6. The van der Waals surface area contributed by atoms with Crippen LogP contribution in [0.25, 0.3) is 0 Å². The monoisotopic (exact) mass is 1420 g/mol. The quantitative estimate of drug-likeness (QED) is 0.0222. The molecule has 0 heterocycles. The molecule has 0 radical (unpaired) electrons. The lowest BCUT2D eigenvalue weighted by Gasteiger charge is -2.21. The zero-order chi connectivity index (χ0) is 71.7. The van der Waals surface area contributed by atoms with E-state index in [4.69, 9.17) is 37.0 Å². The van der Waals surface area contributed by atoms with Crippen LogP contribution in [0.4, 0.5) is 0 Å². The van der Waals surface area contributed by atoms with Gasteiger partial charge >= 0.3 is 39.5 Å². The summed E-state index contributed by atoms with van der Waals surface area (Å²) in [5, 5.41) is 10.6. The number of esters is 4. The Hall–Kier alpha value is -1.94. The van der Waals surface area contributed by atoms with Crippen LogP contribution in [0, 0.1) is 23.7 Å². The van der Waals surface area contributed by atoms with Gasteiger partial charge in [-0.3, -0.25) is 37.3 Å². The van der Waals surface area contributed by atoms with Crippen LogP contribution in [-0.4, -0.2) is 96.7 Å². The summed E-state index contributed by atoms with van der Waals surface area (Å²) >= 11 is 0. The lowest BCUT2D eigenvalue weighted by atomic mass is 9.99. The predicted octanol–water partition coefficient (Wildman–Crippen LogP) is 22.8. The summed E-state index contributed by atoms with van der Waals surface area (Å²) in [7, 11) is -9.92. The average Bonchev–Trinajstić information content (AvgIpc) is 3.24. The van der Waals surface area contributed by atoms with E-state index in [0.29, 0.717) is 31.6 Å². The van der Waals surface area contributed by atoms with Crippen molar-refractivity contribution in [2.45, 2.75) is 414 Å². The molecule has 0 aliphatic heterocycles. The second kappa shape index (κ2) is 67.2. The summed E-state index contributed by atoms with van der Waals surface area (Å²) in [6, 6.07) is 0. The molecule has 0 aliphatic rings. The fourth-order valence-corrected chi connectivity index (χ4v) is 13.5. The van der Waals surface area contributed by atoms with Crippen molar-refractivity contribution in [2.24, 2.45) is 23.7 Å². The zero-order valence-electron chi connectivity index (χ0n) is 63.7. The first-order valence-corrected chi connectivity index (χ1v) is 43.2. The molecule has 0 amide bonds. The highest BCUT2D eigenvalue weighted by atomic mass is 31.2. The summed E-state index contributed by atoms with van der Waals surface area (Å²) < 4.78 is 68.6. The minimum atomic E-state index is -4.96. The second-order valence-corrected chi connectivity index (χ2v) is 32.7. The van der Waals surface area contributed by atoms with Crippen molar-refractivity contribution >= 4 is 39.5 Å². The Morgan fingerprint density at radius 3 is 0.732 bits per heavy atom. The highest BCUT2D eigenvalue weighted by Gasteiger charge is 2.30. The van der Waals surface area contributed by atoms with Gasteiger partial charge in [0.15, 0.2) is 12.2 Å². The van der Waals surface area contributed by atoms with Gasteiger partial charge in [0.05, 0.1) is 26.4 Å². The maximum atomic E-state index is 13.1. The average molecular weight is 1420 g/mol. The molecule has 19 heteroatoms. The lowest BCUT2D eigenvalue weighted by Crippen LogP contribution is -2.30. The molecule has 0 aromatic carbocycles. The highest BCUT2D eigenvalue weighted by Crippen LogP contribution is 2.45. The van der Waals surface area contributed by atoms with Gasteiger partial charge in [-0.2, -0.15) is 0 Å². The smallest absolute Gasteiger partial charge is 0.462 e. The summed E-state index contributed by atoms with van der Waals surface area (Å²) in [6.07, 6.45) is 52.7. The van der Waals surface area contributed by atoms with Crippen molar-refractivity contribution in [3.8, 4) is 0 Å². The first kappa shape index (κ1) is 95.1. The van der Waals surface area contributed by atoms with E-state index in [0.717, 1.165) is 114 Å². The summed E-state index contributed by atoms with van der Waals surface area (Å²) in [4.78, 5) is 72.9. The van der Waals surface area contributed by atoms with Gasteiger partial charge in [-0.05, 0) is 49.4 Å². The molecular weight excluding hydrogens is 1270 g/mol. The topological polar surface area (TPSA) is 237 Å². The molecular formula is C78H152O17P2. The van der Waals surface area contributed by atoms with Crippen molar-refractivity contribution in [1.29, 1.82) is 0 Å². The molecule has 17 nitrogen and oxygen atoms in total. The largest absolute Gasteiger partial charge is 0.472 e. The number of unbranched alkanes of at least 4 members (excludes halogenated alkanes) is 40. The zero-order valence-corrected chi connectivity index (χ0v) is 65.5. The number of hydrogen-bond acceptors (Lipinski definition) is 15. The Morgan fingerprint density at radius 1 is 0.289 bits per heavy atom. The van der Waals surface area contributed by atoms with Crippen molar-refractivity contribution in [1.82, 2.24) is 0 Å². The Labute approximate surface area is 594 Å². The molecule has 0 aromatic rings. The van der Waals surface area contributed by atoms with Crippen LogP contribution in [0.2, 0.25) is 0 Å². The number of aliphatic hydroxyl groups is 1. The van der Waals surface area contributed by atoms with Crippen LogP contribution in [0.3, 0.4) is 0 Å². The third kappa shape index (κ3) is 70.9. The fraction of sp³-hybridized carbons (Fsp3) is 0.949. The summed E-state index contributed by atoms with van der Waals surface area (Å²) in [5.41, 5.74) is 0. The number of carbonyl (C=O) groups is 4. The normalized spacial score (nSPS) is 14.4. The van der Waals surface area contributed by atoms with E-state index in [1.54, 1.807) is 0 Å². The van der Waals surface area contributed by atoms with Crippen LogP contribution < -0.4 is 0 Å². The molecule has 0 rings (SSSR count). The Balaban J connectivity index is 5.25. The fourth-order valence-electron chi connectivity index (χ4n) is 11.9. The van der Waals surface area contributed by atoms with Gasteiger partial charge in [0.25, 0.3) is 0 Å². The minimum Gasteiger partial charge on any atom is -0.462 e. The van der Waals surface area contributed by atoms with Crippen molar-refractivity contribution in [3.05, 3.63) is 0 Å². The third-order valence-electron chi connectivity index (χ3n) is 18.4. The van der Waals surface area contributed by atoms with Gasteiger partial charge in [0.1, 0.15) is 19.3 Å². The van der Waals surface area contributed by atoms with E-state index in [1.807, 2.05) is 0 Å². The third-order valence-corrected chi connectivity index (χ3v) is 20.3. The van der Waals surface area contributed by atoms with Crippen LogP contribution in [-0.2, 0) is 65.4 Å². The van der Waals surface area contributed by atoms with Crippen molar-refractivity contribution in [2.75, 3.05) is 39.6 Å². The maximum absolute atomic E-state index is 13.1. The number of carbonyl (C=O) groups excluding carboxylic acids is 4. The van der Waals surface area contributed by atoms with Gasteiger partial charge in [-0.1, -0.05) is 344 Å². The van der Waals surface area contributed by atoms with Gasteiger partial charge in [-0.25, -0.2) is 9.13 Å². The number of phosphoric ester groups is 2. The molecule has 0 spiro atoms. The second-order valence-electron chi connectivity index (χ2n) is 29.8. The van der Waals surface area contributed by atoms with E-state index in [9.17, 15) is 43.2 Å². The van der Waals surface area contributed by atoms with Gasteiger partial charge in [-0.15, -0.1) is 0 Å². The molecule has 3 N–H and O–H groups in total. The summed E-state index contributed by atoms with van der Waals surface area (Å²) in [6.45, 7) is 14.2. The SMILES string of the molecule is CCC(C)CCCCCCCCCCCCC(=O)O[C@H](COC(=O)CCCCCCCCCCCCCCCCC(C)C)COP(=O)(O)OCC(O)COP(=O)(O)OC[C@@H](COC(=O)CCCCCCCCCC(C)C)OC(=O)CCCCCCCCCCCCCCCC(C)C. The van der Waals surface area contributed by atoms with E-state index < -0.39 is 97.5 Å². The molecule has 0 aromatic heterocycles. The van der Waals surface area contributed by atoms with Gasteiger partial charge in [0.2, 0.25) is 0 Å². The first-order valence-electron chi connectivity index (χ1n) is 40.2. The van der Waals surface area contributed by atoms with Gasteiger partial charge in [0, 0.05) is 25.7 Å². The highest BCUT2D eigenvalue weighted by molar-refractivity contribution is 7.47. The lowest BCUT2D eigenvalue weighted by molar-refractivity contribution is -0.161. The molecule has 576 valence electrons. The van der Waals surface area contributed by atoms with E-state index in [2.05, 4.69) is 55.4 Å². The molecule has 97 heavy (non-hydrogen) atoms. The van der Waals surface area contributed by atoms with E-state index in [1.165, 1.54) is 193 Å². The number of ether oxygens (including phenoxy) is 4. The van der Waals surface area contributed by atoms with Crippen LogP contribution >= 0.6 is 15.6 Å². The summed E-state index contributed by atoms with van der Waals surface area (Å²) in [5.74, 6) is 0.975. The van der Waals surface area contributed by atoms with E-state index in [-0.39, 0.29) is 25.7 Å². The predicted molar refractivity (Wildman–Crippen MR) is 395 cm³/mol. The molecule has 0 saturated heterocycles. The van der Waals surface area contributed by atoms with Crippen LogP contribution in [0.5, 0.6) is 0 Å². The van der Waals surface area contributed by atoms with Crippen molar-refractivity contribution < 1.29 is 80.2 Å². The number of aliphatic hydroxyl groups excluding tert-OH is 1. The molecule has 0 saturated carbocycles. The molecule has 0 fully saturated rings. The minimum absolute atomic E-state index is 0.106. The van der Waals surface area contributed by atoms with Crippen molar-refractivity contribution in [3.63, 3.8) is 0 Å². The number of rotatable bonds is 75. The Bertz CT molecular complexity index is 1900.